The summed E-state index contributed by atoms with van der Waals surface area (Å²) in [5, 5.41) is 21.0. The minimum Gasteiger partial charge on any atom is -0.393 e. The maximum absolute atomic E-state index is 10.9. The van der Waals surface area contributed by atoms with Crippen molar-refractivity contribution in [3.63, 3.8) is 0 Å². The molecule has 0 aliphatic heterocycles. The van der Waals surface area contributed by atoms with Gasteiger partial charge in [-0.3, -0.25) is 0 Å². The molecule has 4 aliphatic carbocycles. The lowest BCUT2D eigenvalue weighted by molar-refractivity contribution is -0.115. The third kappa shape index (κ3) is 1.80. The van der Waals surface area contributed by atoms with E-state index in [2.05, 4.69) is 26.8 Å². The summed E-state index contributed by atoms with van der Waals surface area (Å²) in [6.45, 7) is 6.90. The van der Waals surface area contributed by atoms with Crippen LogP contribution in [0.5, 0.6) is 0 Å². The van der Waals surface area contributed by atoms with Crippen LogP contribution in [0.15, 0.2) is 11.6 Å². The van der Waals surface area contributed by atoms with E-state index < -0.39 is 5.60 Å². The molecule has 0 radical (unpaired) electrons. The van der Waals surface area contributed by atoms with Crippen molar-refractivity contribution in [1.82, 2.24) is 0 Å². The van der Waals surface area contributed by atoms with Crippen molar-refractivity contribution < 1.29 is 10.2 Å². The molecule has 0 spiro atoms. The SMILES string of the molecule is C[C@]12CC[C@H](O)CC1=CC[C@@H]1[C@@H]2CC[C@@]2(C)[C@H]1CC[C@@]2(C)O. The zero-order valence-electron chi connectivity index (χ0n) is 14.4. The molecule has 22 heavy (non-hydrogen) atoms. The summed E-state index contributed by atoms with van der Waals surface area (Å²) >= 11 is 0. The van der Waals surface area contributed by atoms with Crippen LogP contribution in [0.2, 0.25) is 0 Å². The predicted molar refractivity (Wildman–Crippen MR) is 88.3 cm³/mol. The molecule has 3 fully saturated rings. The molecule has 0 amide bonds. The minimum atomic E-state index is -0.476. The van der Waals surface area contributed by atoms with Crippen LogP contribution < -0.4 is 0 Å². The molecule has 0 aromatic rings. The second-order valence-corrected chi connectivity index (χ2v) is 9.42. The van der Waals surface area contributed by atoms with Gasteiger partial charge in [-0.05, 0) is 86.9 Å². The fourth-order valence-electron chi connectivity index (χ4n) is 6.89. The molecular formula is C20H32O2. The summed E-state index contributed by atoms with van der Waals surface area (Å²) < 4.78 is 0. The average Bonchev–Trinajstić information content (AvgIpc) is 2.70. The summed E-state index contributed by atoms with van der Waals surface area (Å²) in [5.41, 5.74) is 1.50. The molecule has 2 nitrogen and oxygen atoms in total. The molecule has 0 aromatic heterocycles. The Balaban J connectivity index is 1.69. The highest BCUT2D eigenvalue weighted by Crippen LogP contribution is 2.66. The van der Waals surface area contributed by atoms with Crippen LogP contribution in [0.4, 0.5) is 0 Å². The van der Waals surface area contributed by atoms with Gasteiger partial charge in [0.2, 0.25) is 0 Å². The van der Waals surface area contributed by atoms with Crippen molar-refractivity contribution >= 4 is 0 Å². The molecule has 124 valence electrons. The maximum Gasteiger partial charge on any atom is 0.0675 e. The highest BCUT2D eigenvalue weighted by molar-refractivity contribution is 5.26. The van der Waals surface area contributed by atoms with Gasteiger partial charge in [-0.2, -0.15) is 0 Å². The van der Waals surface area contributed by atoms with E-state index in [1.54, 1.807) is 5.57 Å². The van der Waals surface area contributed by atoms with Gasteiger partial charge >= 0.3 is 0 Å². The summed E-state index contributed by atoms with van der Waals surface area (Å²) in [7, 11) is 0. The molecule has 0 heterocycles. The lowest BCUT2D eigenvalue weighted by Crippen LogP contribution is -2.53. The smallest absolute Gasteiger partial charge is 0.0675 e. The Labute approximate surface area is 135 Å². The number of allylic oxidation sites excluding steroid dienone is 1. The van der Waals surface area contributed by atoms with Gasteiger partial charge in [0, 0.05) is 0 Å². The number of aliphatic hydroxyl groups is 2. The van der Waals surface area contributed by atoms with Crippen LogP contribution in [-0.4, -0.2) is 21.9 Å². The van der Waals surface area contributed by atoms with Crippen molar-refractivity contribution in [2.24, 2.45) is 28.6 Å². The first-order chi connectivity index (χ1) is 10.3. The van der Waals surface area contributed by atoms with Crippen LogP contribution in [0.25, 0.3) is 0 Å². The molecule has 2 N–H and O–H groups in total. The molecule has 3 saturated carbocycles. The van der Waals surface area contributed by atoms with E-state index in [4.69, 9.17) is 0 Å². The maximum atomic E-state index is 10.9. The Morgan fingerprint density at radius 1 is 1.00 bits per heavy atom. The van der Waals surface area contributed by atoms with Crippen LogP contribution in [0.1, 0.15) is 72.1 Å². The minimum absolute atomic E-state index is 0.114. The highest BCUT2D eigenvalue weighted by Gasteiger charge is 2.61. The summed E-state index contributed by atoms with van der Waals surface area (Å²) in [6, 6.07) is 0. The quantitative estimate of drug-likeness (QED) is 0.663. The standard InChI is InChI=1S/C20H32O2/c1-18-9-6-14(21)12-13(18)4-5-15-16(18)7-10-19(2)17(15)8-11-20(19,3)22/h4,14-17,21-22H,5-12H2,1-3H3/t14-,15+,16-,17-,18-,19-,20+/m0/s1. The Morgan fingerprint density at radius 3 is 2.50 bits per heavy atom. The second-order valence-electron chi connectivity index (χ2n) is 9.42. The van der Waals surface area contributed by atoms with Gasteiger partial charge in [-0.25, -0.2) is 0 Å². The highest BCUT2D eigenvalue weighted by atomic mass is 16.3. The third-order valence-corrected chi connectivity index (χ3v) is 8.64. The zero-order valence-corrected chi connectivity index (χ0v) is 14.4. The van der Waals surface area contributed by atoms with Gasteiger partial charge in [0.25, 0.3) is 0 Å². The predicted octanol–water partition coefficient (Wildman–Crippen LogP) is 4.06. The number of aliphatic hydroxyl groups excluding tert-OH is 1. The van der Waals surface area contributed by atoms with Gasteiger partial charge in [0.15, 0.2) is 0 Å². The fraction of sp³-hybridized carbons (Fsp3) is 0.900. The van der Waals surface area contributed by atoms with E-state index >= 15 is 0 Å². The van der Waals surface area contributed by atoms with Crippen molar-refractivity contribution in [1.29, 1.82) is 0 Å². The number of rotatable bonds is 0. The number of fused-ring (bicyclic) bond motifs is 5. The van der Waals surface area contributed by atoms with Gasteiger partial charge in [0.05, 0.1) is 11.7 Å². The fourth-order valence-corrected chi connectivity index (χ4v) is 6.89. The molecule has 0 unspecified atom stereocenters. The first-order valence-electron chi connectivity index (χ1n) is 9.38. The van der Waals surface area contributed by atoms with Crippen LogP contribution in [-0.2, 0) is 0 Å². The monoisotopic (exact) mass is 304 g/mol. The first-order valence-corrected chi connectivity index (χ1v) is 9.38. The van der Waals surface area contributed by atoms with E-state index in [9.17, 15) is 10.2 Å². The van der Waals surface area contributed by atoms with Crippen molar-refractivity contribution in [3.8, 4) is 0 Å². The summed E-state index contributed by atoms with van der Waals surface area (Å²) in [4.78, 5) is 0. The molecule has 2 heteroatoms. The number of hydrogen-bond donors (Lipinski definition) is 2. The van der Waals surface area contributed by atoms with Gasteiger partial charge in [0.1, 0.15) is 0 Å². The zero-order chi connectivity index (χ0) is 15.8. The molecule has 4 rings (SSSR count). The van der Waals surface area contributed by atoms with E-state index in [1.807, 2.05) is 0 Å². The Bertz CT molecular complexity index is 508. The van der Waals surface area contributed by atoms with E-state index in [-0.39, 0.29) is 11.5 Å². The van der Waals surface area contributed by atoms with E-state index in [1.165, 1.54) is 25.7 Å². The van der Waals surface area contributed by atoms with Gasteiger partial charge in [-0.1, -0.05) is 25.5 Å². The molecule has 4 aliphatic rings. The Kier molecular flexibility index (Phi) is 3.18. The molecule has 0 bridgehead atoms. The van der Waals surface area contributed by atoms with Crippen molar-refractivity contribution in [2.45, 2.75) is 83.8 Å². The largest absolute Gasteiger partial charge is 0.393 e. The first kappa shape index (κ1) is 15.2. The topological polar surface area (TPSA) is 40.5 Å². The average molecular weight is 304 g/mol. The normalized spacial score (nSPS) is 57.6. The Morgan fingerprint density at radius 2 is 1.73 bits per heavy atom. The van der Waals surface area contributed by atoms with E-state index in [0.717, 1.165) is 37.5 Å². The summed E-state index contributed by atoms with van der Waals surface area (Å²) in [5.74, 6) is 2.20. The van der Waals surface area contributed by atoms with Crippen LogP contribution in [0, 0.1) is 28.6 Å². The van der Waals surface area contributed by atoms with Gasteiger partial charge < -0.3 is 10.2 Å². The lowest BCUT2D eigenvalue weighted by atomic mass is 9.47. The van der Waals surface area contributed by atoms with Gasteiger partial charge in [-0.15, -0.1) is 0 Å². The van der Waals surface area contributed by atoms with E-state index in [0.29, 0.717) is 11.3 Å². The second kappa shape index (κ2) is 4.60. The molecular weight excluding hydrogens is 272 g/mol. The number of hydrogen-bond acceptors (Lipinski definition) is 2. The molecule has 7 atom stereocenters. The third-order valence-electron chi connectivity index (χ3n) is 8.64. The Hall–Kier alpha value is -0.340. The van der Waals surface area contributed by atoms with Crippen LogP contribution >= 0.6 is 0 Å². The molecule has 0 saturated heterocycles. The van der Waals surface area contributed by atoms with Crippen molar-refractivity contribution in [3.05, 3.63) is 11.6 Å². The molecule has 0 aromatic carbocycles. The van der Waals surface area contributed by atoms with Crippen molar-refractivity contribution in [2.75, 3.05) is 0 Å². The summed E-state index contributed by atoms with van der Waals surface area (Å²) in [6.07, 6.45) is 11.2. The lowest BCUT2D eigenvalue weighted by Gasteiger charge is -2.58. The van der Waals surface area contributed by atoms with Crippen LogP contribution in [0.3, 0.4) is 0 Å².